The van der Waals surface area contributed by atoms with E-state index in [0.717, 1.165) is 29.8 Å². The van der Waals surface area contributed by atoms with E-state index in [9.17, 15) is 0 Å². The van der Waals surface area contributed by atoms with Crippen molar-refractivity contribution in [3.63, 3.8) is 0 Å². The molecule has 0 aromatic carbocycles. The van der Waals surface area contributed by atoms with Crippen LogP contribution in [0.2, 0.25) is 0 Å². The zero-order chi connectivity index (χ0) is 17.8. The molecule has 0 atom stereocenters. The van der Waals surface area contributed by atoms with E-state index in [1.807, 2.05) is 0 Å². The second kappa shape index (κ2) is 9.19. The SMILES string of the molecule is CC(C)C1CCN(CC2CCN(C3CCN(C(C)C)CC3)CC2)CC1. The molecule has 0 unspecified atom stereocenters. The quantitative estimate of drug-likeness (QED) is 0.744. The molecule has 3 aliphatic heterocycles. The van der Waals surface area contributed by atoms with Crippen molar-refractivity contribution in [2.75, 3.05) is 45.8 Å². The average Bonchev–Trinajstić information content (AvgIpc) is 2.63. The van der Waals surface area contributed by atoms with Gasteiger partial charge in [0.15, 0.2) is 0 Å². The van der Waals surface area contributed by atoms with Gasteiger partial charge in [-0.25, -0.2) is 0 Å². The summed E-state index contributed by atoms with van der Waals surface area (Å²) in [5.41, 5.74) is 0. The third kappa shape index (κ3) is 5.43. The van der Waals surface area contributed by atoms with Crippen molar-refractivity contribution in [2.45, 2.75) is 78.3 Å². The highest BCUT2D eigenvalue weighted by atomic mass is 15.2. The predicted molar refractivity (Wildman–Crippen MR) is 108 cm³/mol. The van der Waals surface area contributed by atoms with Crippen LogP contribution in [0.15, 0.2) is 0 Å². The Morgan fingerprint density at radius 2 is 1.32 bits per heavy atom. The summed E-state index contributed by atoms with van der Waals surface area (Å²) < 4.78 is 0. The van der Waals surface area contributed by atoms with Crippen LogP contribution >= 0.6 is 0 Å². The highest BCUT2D eigenvalue weighted by Crippen LogP contribution is 2.28. The van der Waals surface area contributed by atoms with Gasteiger partial charge in [0.1, 0.15) is 0 Å². The van der Waals surface area contributed by atoms with E-state index in [1.54, 1.807) is 0 Å². The lowest BCUT2D eigenvalue weighted by Crippen LogP contribution is -2.50. The molecular formula is C22H43N3. The summed E-state index contributed by atoms with van der Waals surface area (Å²) in [5, 5.41) is 0. The fraction of sp³-hybridized carbons (Fsp3) is 1.00. The summed E-state index contributed by atoms with van der Waals surface area (Å²) in [6.07, 6.45) is 8.54. The maximum Gasteiger partial charge on any atom is 0.0120 e. The van der Waals surface area contributed by atoms with E-state index in [1.165, 1.54) is 84.3 Å². The lowest BCUT2D eigenvalue weighted by molar-refractivity contribution is 0.0551. The van der Waals surface area contributed by atoms with Crippen LogP contribution in [-0.4, -0.2) is 72.6 Å². The van der Waals surface area contributed by atoms with Crippen LogP contribution < -0.4 is 0 Å². The molecule has 0 aliphatic carbocycles. The summed E-state index contributed by atoms with van der Waals surface area (Å²) in [6.45, 7) is 18.9. The molecule has 3 heterocycles. The first kappa shape index (κ1) is 19.6. The van der Waals surface area contributed by atoms with Crippen molar-refractivity contribution in [3.05, 3.63) is 0 Å². The molecule has 0 aromatic rings. The lowest BCUT2D eigenvalue weighted by Gasteiger charge is -2.44. The maximum atomic E-state index is 2.83. The molecule has 0 N–H and O–H groups in total. The van der Waals surface area contributed by atoms with E-state index < -0.39 is 0 Å². The standard InChI is InChI=1S/C22H43N3/c1-18(2)21-7-11-23(12-8-21)17-20-5-13-25(14-6-20)22-9-15-24(16-10-22)19(3)4/h18-22H,5-17H2,1-4H3. The van der Waals surface area contributed by atoms with Crippen molar-refractivity contribution in [3.8, 4) is 0 Å². The lowest BCUT2D eigenvalue weighted by atomic mass is 9.86. The number of nitrogens with zero attached hydrogens (tertiary/aromatic N) is 3. The minimum Gasteiger partial charge on any atom is -0.303 e. The Morgan fingerprint density at radius 1 is 0.720 bits per heavy atom. The summed E-state index contributed by atoms with van der Waals surface area (Å²) in [5.74, 6) is 2.82. The highest BCUT2D eigenvalue weighted by molar-refractivity contribution is 4.85. The molecule has 146 valence electrons. The van der Waals surface area contributed by atoms with Gasteiger partial charge in [0.05, 0.1) is 0 Å². The molecule has 0 radical (unpaired) electrons. The molecule has 3 fully saturated rings. The average molecular weight is 350 g/mol. The topological polar surface area (TPSA) is 9.72 Å². The third-order valence-electron chi connectivity index (χ3n) is 7.49. The van der Waals surface area contributed by atoms with Crippen LogP contribution in [0.5, 0.6) is 0 Å². The summed E-state index contributed by atoms with van der Waals surface area (Å²) in [6, 6.07) is 1.60. The molecule has 3 saturated heterocycles. The van der Waals surface area contributed by atoms with E-state index >= 15 is 0 Å². The number of hydrogen-bond acceptors (Lipinski definition) is 3. The van der Waals surface area contributed by atoms with Crippen molar-refractivity contribution in [2.24, 2.45) is 17.8 Å². The van der Waals surface area contributed by atoms with Crippen LogP contribution in [-0.2, 0) is 0 Å². The maximum absolute atomic E-state index is 2.83. The van der Waals surface area contributed by atoms with Gasteiger partial charge in [0.25, 0.3) is 0 Å². The van der Waals surface area contributed by atoms with Gasteiger partial charge in [0, 0.05) is 18.6 Å². The van der Waals surface area contributed by atoms with Crippen LogP contribution in [0.3, 0.4) is 0 Å². The molecule has 0 spiro atoms. The van der Waals surface area contributed by atoms with Gasteiger partial charge in [-0.15, -0.1) is 0 Å². The van der Waals surface area contributed by atoms with Gasteiger partial charge < -0.3 is 14.7 Å². The van der Waals surface area contributed by atoms with Gasteiger partial charge in [-0.05, 0) is 109 Å². The number of piperidine rings is 3. The van der Waals surface area contributed by atoms with Crippen molar-refractivity contribution >= 4 is 0 Å². The Labute approximate surface area is 157 Å². The summed E-state index contributed by atoms with van der Waals surface area (Å²) in [7, 11) is 0. The third-order valence-corrected chi connectivity index (χ3v) is 7.49. The summed E-state index contributed by atoms with van der Waals surface area (Å²) >= 11 is 0. The van der Waals surface area contributed by atoms with Crippen LogP contribution in [0.25, 0.3) is 0 Å². The molecule has 0 aromatic heterocycles. The van der Waals surface area contributed by atoms with E-state index in [2.05, 4.69) is 42.4 Å². The van der Waals surface area contributed by atoms with Crippen molar-refractivity contribution < 1.29 is 0 Å². The fourth-order valence-electron chi connectivity index (χ4n) is 5.44. The molecule has 0 bridgehead atoms. The summed E-state index contributed by atoms with van der Waals surface area (Å²) in [4.78, 5) is 8.27. The zero-order valence-corrected chi connectivity index (χ0v) is 17.4. The van der Waals surface area contributed by atoms with Gasteiger partial charge in [-0.2, -0.15) is 0 Å². The second-order valence-corrected chi connectivity index (χ2v) is 9.72. The Balaban J connectivity index is 1.34. The molecule has 0 saturated carbocycles. The molecular weight excluding hydrogens is 306 g/mol. The Morgan fingerprint density at radius 3 is 1.84 bits per heavy atom. The first-order valence-corrected chi connectivity index (χ1v) is 11.2. The van der Waals surface area contributed by atoms with Crippen LogP contribution in [0.1, 0.15) is 66.2 Å². The molecule has 3 aliphatic rings. The van der Waals surface area contributed by atoms with Crippen LogP contribution in [0, 0.1) is 17.8 Å². The molecule has 25 heavy (non-hydrogen) atoms. The predicted octanol–water partition coefficient (Wildman–Crippen LogP) is 3.94. The van der Waals surface area contributed by atoms with E-state index in [0.29, 0.717) is 0 Å². The minimum absolute atomic E-state index is 0.728. The van der Waals surface area contributed by atoms with Crippen LogP contribution in [0.4, 0.5) is 0 Å². The smallest absolute Gasteiger partial charge is 0.0120 e. The van der Waals surface area contributed by atoms with Gasteiger partial charge in [-0.3, -0.25) is 0 Å². The fourth-order valence-corrected chi connectivity index (χ4v) is 5.44. The number of rotatable bonds is 5. The largest absolute Gasteiger partial charge is 0.303 e. The number of likely N-dealkylation sites (tertiary alicyclic amines) is 3. The highest BCUT2D eigenvalue weighted by Gasteiger charge is 2.30. The monoisotopic (exact) mass is 349 g/mol. The van der Waals surface area contributed by atoms with Crippen molar-refractivity contribution in [1.29, 1.82) is 0 Å². The van der Waals surface area contributed by atoms with E-state index in [4.69, 9.17) is 0 Å². The Hall–Kier alpha value is -0.120. The molecule has 3 rings (SSSR count). The molecule has 0 amide bonds. The second-order valence-electron chi connectivity index (χ2n) is 9.72. The van der Waals surface area contributed by atoms with Crippen molar-refractivity contribution in [1.82, 2.24) is 14.7 Å². The minimum atomic E-state index is 0.728. The first-order chi connectivity index (χ1) is 12.0. The number of hydrogen-bond donors (Lipinski definition) is 0. The van der Waals surface area contributed by atoms with E-state index in [-0.39, 0.29) is 0 Å². The Kier molecular flexibility index (Phi) is 7.22. The zero-order valence-electron chi connectivity index (χ0n) is 17.4. The van der Waals surface area contributed by atoms with Gasteiger partial charge in [0.2, 0.25) is 0 Å². The Bertz CT molecular complexity index is 371. The van der Waals surface area contributed by atoms with Gasteiger partial charge in [-0.1, -0.05) is 13.8 Å². The van der Waals surface area contributed by atoms with Gasteiger partial charge >= 0.3 is 0 Å². The molecule has 3 heteroatoms. The molecule has 3 nitrogen and oxygen atoms in total. The normalized spacial score (nSPS) is 27.6. The first-order valence-electron chi connectivity index (χ1n) is 11.2.